The van der Waals surface area contributed by atoms with Crippen LogP contribution in [0.15, 0.2) is 72.8 Å². The molecule has 1 heterocycles. The number of para-hydroxylation sites is 1. The molecule has 0 saturated carbocycles. The summed E-state index contributed by atoms with van der Waals surface area (Å²) in [4.78, 5) is 14.9. The molecule has 31 heavy (non-hydrogen) atoms. The summed E-state index contributed by atoms with van der Waals surface area (Å²) in [6.07, 6.45) is 2.34. The molecule has 0 fully saturated rings. The molecule has 1 aliphatic heterocycles. The summed E-state index contributed by atoms with van der Waals surface area (Å²) in [5, 5.41) is 3.78. The van der Waals surface area contributed by atoms with E-state index < -0.39 is 0 Å². The van der Waals surface area contributed by atoms with Crippen molar-refractivity contribution in [1.82, 2.24) is 5.32 Å². The van der Waals surface area contributed by atoms with Crippen molar-refractivity contribution in [3.63, 3.8) is 0 Å². The van der Waals surface area contributed by atoms with Crippen LogP contribution in [0.25, 0.3) is 0 Å². The number of carbonyl (C=O) groups excluding carboxylic acids is 1. The number of carbonyl (C=O) groups is 1. The minimum absolute atomic E-state index is 0.0155. The van der Waals surface area contributed by atoms with Crippen LogP contribution < -0.4 is 10.2 Å². The van der Waals surface area contributed by atoms with Gasteiger partial charge in [-0.05, 0) is 59.9 Å². The summed E-state index contributed by atoms with van der Waals surface area (Å²) < 4.78 is 0. The third-order valence-electron chi connectivity index (χ3n) is 5.49. The Balaban J connectivity index is 1.23. The van der Waals surface area contributed by atoms with E-state index in [9.17, 15) is 4.79 Å². The number of rotatable bonds is 8. The zero-order valence-corrected chi connectivity index (χ0v) is 19.1. The van der Waals surface area contributed by atoms with Crippen LogP contribution in [-0.2, 0) is 18.7 Å². The summed E-state index contributed by atoms with van der Waals surface area (Å²) in [6, 6.07) is 24.6. The number of nitrogens with zero attached hydrogens (tertiary/aromatic N) is 1. The molecule has 160 valence electrons. The van der Waals surface area contributed by atoms with E-state index >= 15 is 0 Å². The van der Waals surface area contributed by atoms with Gasteiger partial charge in [0, 0.05) is 47.4 Å². The van der Waals surface area contributed by atoms with E-state index in [-0.39, 0.29) is 5.91 Å². The quantitative estimate of drug-likeness (QED) is 0.430. The van der Waals surface area contributed by atoms with Crippen molar-refractivity contribution in [2.45, 2.75) is 25.1 Å². The molecule has 3 aromatic carbocycles. The van der Waals surface area contributed by atoms with E-state index in [1.54, 1.807) is 11.8 Å². The number of thioether (sulfide) groups is 1. The largest absolute Gasteiger partial charge is 0.367 e. The van der Waals surface area contributed by atoms with Gasteiger partial charge in [-0.1, -0.05) is 54.1 Å². The predicted octanol–water partition coefficient (Wildman–Crippen LogP) is 5.96. The Kier molecular flexibility index (Phi) is 7.55. The summed E-state index contributed by atoms with van der Waals surface area (Å²) in [5.41, 5.74) is 5.91. The van der Waals surface area contributed by atoms with Crippen LogP contribution in [0.4, 0.5) is 5.69 Å². The fourth-order valence-corrected chi connectivity index (χ4v) is 4.93. The lowest BCUT2D eigenvalue weighted by Crippen LogP contribution is -2.29. The molecule has 0 spiro atoms. The first-order chi connectivity index (χ1) is 15.2. The van der Waals surface area contributed by atoms with Crippen LogP contribution in [-0.4, -0.2) is 24.7 Å². The molecule has 3 nitrogen and oxygen atoms in total. The van der Waals surface area contributed by atoms with E-state index in [4.69, 9.17) is 11.6 Å². The Morgan fingerprint density at radius 1 is 1.00 bits per heavy atom. The fourth-order valence-electron chi connectivity index (χ4n) is 3.91. The summed E-state index contributed by atoms with van der Waals surface area (Å²) in [5.74, 6) is 1.74. The maximum atomic E-state index is 12.4. The van der Waals surface area contributed by atoms with Gasteiger partial charge < -0.3 is 10.2 Å². The monoisotopic (exact) mass is 450 g/mol. The molecule has 0 radical (unpaired) electrons. The second kappa shape index (κ2) is 10.7. The third-order valence-corrected chi connectivity index (χ3v) is 6.75. The Morgan fingerprint density at radius 3 is 2.68 bits per heavy atom. The zero-order valence-electron chi connectivity index (χ0n) is 17.5. The molecular weight excluding hydrogens is 424 g/mol. The third kappa shape index (κ3) is 6.05. The standard InChI is InChI=1S/C26H27ClN2OS/c27-24-8-3-5-21(17-24)19-31-16-14-28-26(30)23-12-10-20(11-13-23)18-29-15-4-7-22-6-1-2-9-25(22)29/h1-3,5-6,8-13,17H,4,7,14-16,18-19H2,(H,28,30). The summed E-state index contributed by atoms with van der Waals surface area (Å²) >= 11 is 7.80. The zero-order chi connectivity index (χ0) is 21.5. The SMILES string of the molecule is O=C(NCCSCc1cccc(Cl)c1)c1ccc(CN2CCCc3ccccc32)cc1. The van der Waals surface area contributed by atoms with Crippen LogP contribution in [0, 0.1) is 0 Å². The molecule has 0 saturated heterocycles. The number of nitrogens with one attached hydrogen (secondary N) is 1. The molecule has 0 atom stereocenters. The van der Waals surface area contributed by atoms with Crippen LogP contribution in [0.3, 0.4) is 0 Å². The number of hydrogen-bond acceptors (Lipinski definition) is 3. The first kappa shape index (κ1) is 21.8. The Labute approximate surface area is 193 Å². The first-order valence-corrected chi connectivity index (χ1v) is 12.2. The smallest absolute Gasteiger partial charge is 0.251 e. The van der Waals surface area contributed by atoms with Gasteiger partial charge in [0.05, 0.1) is 0 Å². The minimum atomic E-state index is -0.0155. The number of benzene rings is 3. The van der Waals surface area contributed by atoms with Gasteiger partial charge in [0.15, 0.2) is 0 Å². The summed E-state index contributed by atoms with van der Waals surface area (Å²) in [6.45, 7) is 2.60. The van der Waals surface area contributed by atoms with Gasteiger partial charge in [0.1, 0.15) is 0 Å². The van der Waals surface area contributed by atoms with Crippen molar-refractivity contribution in [3.05, 3.63) is 100 Å². The molecule has 5 heteroatoms. The number of anilines is 1. The molecule has 0 aliphatic carbocycles. The second-order valence-electron chi connectivity index (χ2n) is 7.79. The van der Waals surface area contributed by atoms with Gasteiger partial charge in [-0.25, -0.2) is 0 Å². The van der Waals surface area contributed by atoms with Gasteiger partial charge in [-0.15, -0.1) is 0 Å². The van der Waals surface area contributed by atoms with E-state index in [1.807, 2.05) is 30.3 Å². The molecule has 0 aromatic heterocycles. The highest BCUT2D eigenvalue weighted by molar-refractivity contribution is 7.98. The molecule has 1 amide bonds. The van der Waals surface area contributed by atoms with Crippen LogP contribution >= 0.6 is 23.4 Å². The second-order valence-corrected chi connectivity index (χ2v) is 9.33. The summed E-state index contributed by atoms with van der Waals surface area (Å²) in [7, 11) is 0. The van der Waals surface area contributed by atoms with Crippen molar-refractivity contribution < 1.29 is 4.79 Å². The Bertz CT molecular complexity index is 1020. The molecule has 1 aliphatic rings. The molecule has 0 bridgehead atoms. The lowest BCUT2D eigenvalue weighted by atomic mass is 10.0. The van der Waals surface area contributed by atoms with Crippen molar-refractivity contribution in [2.75, 3.05) is 23.7 Å². The van der Waals surface area contributed by atoms with Gasteiger partial charge in [0.25, 0.3) is 5.91 Å². The molecular formula is C26H27ClN2OS. The number of amides is 1. The highest BCUT2D eigenvalue weighted by atomic mass is 35.5. The first-order valence-electron chi connectivity index (χ1n) is 10.7. The van der Waals surface area contributed by atoms with E-state index in [2.05, 4.69) is 52.7 Å². The lowest BCUT2D eigenvalue weighted by molar-refractivity contribution is 0.0956. The average molecular weight is 451 g/mol. The Morgan fingerprint density at radius 2 is 1.84 bits per heavy atom. The van der Waals surface area contributed by atoms with E-state index in [0.29, 0.717) is 12.1 Å². The van der Waals surface area contributed by atoms with Gasteiger partial charge >= 0.3 is 0 Å². The fraction of sp³-hybridized carbons (Fsp3) is 0.269. The van der Waals surface area contributed by atoms with Crippen molar-refractivity contribution >= 4 is 35.0 Å². The van der Waals surface area contributed by atoms with Crippen molar-refractivity contribution in [3.8, 4) is 0 Å². The molecule has 1 N–H and O–H groups in total. The molecule has 3 aromatic rings. The number of fused-ring (bicyclic) bond motifs is 1. The van der Waals surface area contributed by atoms with Crippen LogP contribution in [0.2, 0.25) is 5.02 Å². The number of hydrogen-bond donors (Lipinski definition) is 1. The minimum Gasteiger partial charge on any atom is -0.367 e. The number of aryl methyl sites for hydroxylation is 1. The van der Waals surface area contributed by atoms with Crippen LogP contribution in [0.1, 0.15) is 33.5 Å². The normalized spacial score (nSPS) is 13.0. The molecule has 4 rings (SSSR count). The maximum absolute atomic E-state index is 12.4. The van der Waals surface area contributed by atoms with Crippen molar-refractivity contribution in [1.29, 1.82) is 0 Å². The van der Waals surface area contributed by atoms with Gasteiger partial charge in [-0.3, -0.25) is 4.79 Å². The number of halogens is 1. The maximum Gasteiger partial charge on any atom is 0.251 e. The van der Waals surface area contributed by atoms with Gasteiger partial charge in [0.2, 0.25) is 0 Å². The van der Waals surface area contributed by atoms with E-state index in [0.717, 1.165) is 36.0 Å². The Hall–Kier alpha value is -2.43. The average Bonchev–Trinajstić information content (AvgIpc) is 2.79. The highest BCUT2D eigenvalue weighted by Crippen LogP contribution is 2.28. The van der Waals surface area contributed by atoms with Crippen LogP contribution in [0.5, 0.6) is 0 Å². The van der Waals surface area contributed by atoms with Crippen molar-refractivity contribution in [2.24, 2.45) is 0 Å². The molecule has 0 unspecified atom stereocenters. The van der Waals surface area contributed by atoms with Gasteiger partial charge in [-0.2, -0.15) is 11.8 Å². The van der Waals surface area contributed by atoms with E-state index in [1.165, 1.54) is 28.8 Å². The predicted molar refractivity (Wildman–Crippen MR) is 132 cm³/mol. The lowest BCUT2D eigenvalue weighted by Gasteiger charge is -2.31. The highest BCUT2D eigenvalue weighted by Gasteiger charge is 2.16. The topological polar surface area (TPSA) is 32.3 Å².